The minimum Gasteiger partial charge on any atom is -0.458 e. The lowest BCUT2D eigenvalue weighted by molar-refractivity contribution is -0.128. The molecule has 0 unspecified atom stereocenters. The van der Waals surface area contributed by atoms with E-state index in [1.807, 2.05) is 29.6 Å². The minimum atomic E-state index is 0.0791. The molecule has 1 saturated heterocycles. The summed E-state index contributed by atoms with van der Waals surface area (Å²) >= 11 is 1.64. The van der Waals surface area contributed by atoms with Gasteiger partial charge < -0.3 is 14.5 Å². The van der Waals surface area contributed by atoms with Gasteiger partial charge in [0.05, 0.1) is 11.4 Å². The zero-order valence-corrected chi connectivity index (χ0v) is 11.9. The van der Waals surface area contributed by atoms with E-state index in [0.717, 1.165) is 29.2 Å². The summed E-state index contributed by atoms with van der Waals surface area (Å²) in [4.78, 5) is 13.1. The molecule has 0 saturated carbocycles. The van der Waals surface area contributed by atoms with Crippen molar-refractivity contribution in [1.29, 1.82) is 0 Å². The van der Waals surface area contributed by atoms with Gasteiger partial charge in [0.25, 0.3) is 0 Å². The number of thiophene rings is 1. The lowest BCUT2D eigenvalue weighted by Crippen LogP contribution is -2.33. The molecule has 3 rings (SSSR count). The molecular formula is C15H17NO3S. The summed E-state index contributed by atoms with van der Waals surface area (Å²) in [6.45, 7) is 1.81. The normalized spacial score (nSPS) is 16.2. The van der Waals surface area contributed by atoms with E-state index in [1.165, 1.54) is 0 Å². The van der Waals surface area contributed by atoms with Crippen molar-refractivity contribution in [2.75, 3.05) is 13.2 Å². The van der Waals surface area contributed by atoms with Gasteiger partial charge in [-0.15, -0.1) is 11.3 Å². The second-order valence-corrected chi connectivity index (χ2v) is 5.80. The summed E-state index contributed by atoms with van der Waals surface area (Å²) in [5.74, 6) is 1.82. The van der Waals surface area contributed by atoms with Crippen LogP contribution in [0, 0.1) is 5.92 Å². The van der Waals surface area contributed by atoms with Gasteiger partial charge in [0.1, 0.15) is 11.5 Å². The molecule has 3 heterocycles. The van der Waals surface area contributed by atoms with E-state index in [4.69, 9.17) is 9.15 Å². The third-order valence-corrected chi connectivity index (χ3v) is 4.34. The Morgan fingerprint density at radius 3 is 2.90 bits per heavy atom. The van der Waals surface area contributed by atoms with Crippen LogP contribution in [0.1, 0.15) is 18.6 Å². The van der Waals surface area contributed by atoms with Crippen molar-refractivity contribution < 1.29 is 13.9 Å². The number of rotatable bonds is 4. The van der Waals surface area contributed by atoms with Crippen LogP contribution >= 0.6 is 11.3 Å². The SMILES string of the molecule is O=C(NCc1ccc(-c2cccs2)o1)C1CCOCC1. The Kier molecular flexibility index (Phi) is 4.18. The van der Waals surface area contributed by atoms with Crippen molar-refractivity contribution in [3.05, 3.63) is 35.4 Å². The molecule has 106 valence electrons. The zero-order chi connectivity index (χ0) is 13.8. The Labute approximate surface area is 121 Å². The molecule has 20 heavy (non-hydrogen) atoms. The first-order valence-corrected chi connectivity index (χ1v) is 7.69. The van der Waals surface area contributed by atoms with E-state index < -0.39 is 0 Å². The quantitative estimate of drug-likeness (QED) is 0.942. The Morgan fingerprint density at radius 1 is 1.30 bits per heavy atom. The molecule has 0 aromatic carbocycles. The maximum Gasteiger partial charge on any atom is 0.223 e. The van der Waals surface area contributed by atoms with Crippen LogP contribution in [0.3, 0.4) is 0 Å². The molecule has 0 spiro atoms. The molecule has 1 aliphatic rings. The van der Waals surface area contributed by atoms with Gasteiger partial charge in [-0.2, -0.15) is 0 Å². The number of ether oxygens (including phenoxy) is 1. The highest BCUT2D eigenvalue weighted by Crippen LogP contribution is 2.26. The topological polar surface area (TPSA) is 51.5 Å². The van der Waals surface area contributed by atoms with Crippen molar-refractivity contribution in [2.45, 2.75) is 19.4 Å². The molecule has 0 radical (unpaired) electrons. The lowest BCUT2D eigenvalue weighted by Gasteiger charge is -2.20. The first-order chi connectivity index (χ1) is 9.83. The number of hydrogen-bond acceptors (Lipinski definition) is 4. The van der Waals surface area contributed by atoms with Gasteiger partial charge in [0.2, 0.25) is 5.91 Å². The van der Waals surface area contributed by atoms with Crippen LogP contribution in [-0.4, -0.2) is 19.1 Å². The summed E-state index contributed by atoms with van der Waals surface area (Å²) in [5, 5.41) is 4.96. The predicted molar refractivity (Wildman–Crippen MR) is 77.4 cm³/mol. The first kappa shape index (κ1) is 13.4. The van der Waals surface area contributed by atoms with Gasteiger partial charge in [-0.3, -0.25) is 4.79 Å². The average molecular weight is 291 g/mol. The molecule has 1 aliphatic heterocycles. The number of furan rings is 1. The molecular weight excluding hydrogens is 274 g/mol. The highest BCUT2D eigenvalue weighted by Gasteiger charge is 2.21. The predicted octanol–water partition coefficient (Wildman–Crippen LogP) is 3.05. The largest absolute Gasteiger partial charge is 0.458 e. The standard InChI is InChI=1S/C15H17NO3S/c17-15(11-5-7-18-8-6-11)16-10-12-3-4-13(19-12)14-2-1-9-20-14/h1-4,9,11H,5-8,10H2,(H,16,17). The fourth-order valence-electron chi connectivity index (χ4n) is 2.30. The second kappa shape index (κ2) is 6.24. The van der Waals surface area contributed by atoms with E-state index in [2.05, 4.69) is 5.32 Å². The van der Waals surface area contributed by atoms with Gasteiger partial charge in [0.15, 0.2) is 0 Å². The van der Waals surface area contributed by atoms with Gasteiger partial charge in [-0.25, -0.2) is 0 Å². The van der Waals surface area contributed by atoms with Crippen LogP contribution in [0.15, 0.2) is 34.1 Å². The van der Waals surface area contributed by atoms with Gasteiger partial charge in [-0.05, 0) is 36.4 Å². The summed E-state index contributed by atoms with van der Waals surface area (Å²) in [6.07, 6.45) is 1.62. The zero-order valence-electron chi connectivity index (χ0n) is 11.1. The summed E-state index contributed by atoms with van der Waals surface area (Å²) in [5.41, 5.74) is 0. The summed E-state index contributed by atoms with van der Waals surface area (Å²) in [7, 11) is 0. The molecule has 0 aliphatic carbocycles. The van der Waals surface area contributed by atoms with E-state index in [0.29, 0.717) is 19.8 Å². The van der Waals surface area contributed by atoms with E-state index in [-0.39, 0.29) is 11.8 Å². The highest BCUT2D eigenvalue weighted by atomic mass is 32.1. The molecule has 1 fully saturated rings. The minimum absolute atomic E-state index is 0.0791. The van der Waals surface area contributed by atoms with Crippen LogP contribution in [0.4, 0.5) is 0 Å². The average Bonchev–Trinajstić information content (AvgIpc) is 3.16. The molecule has 5 heteroatoms. The fourth-order valence-corrected chi connectivity index (χ4v) is 2.99. The van der Waals surface area contributed by atoms with Gasteiger partial charge >= 0.3 is 0 Å². The third kappa shape index (κ3) is 3.11. The van der Waals surface area contributed by atoms with E-state index >= 15 is 0 Å². The number of carbonyl (C=O) groups is 1. The van der Waals surface area contributed by atoms with Gasteiger partial charge in [0, 0.05) is 19.1 Å². The molecule has 0 bridgehead atoms. The van der Waals surface area contributed by atoms with Crippen molar-refractivity contribution >= 4 is 17.2 Å². The summed E-state index contributed by atoms with van der Waals surface area (Å²) in [6, 6.07) is 7.88. The van der Waals surface area contributed by atoms with Crippen LogP contribution in [0.2, 0.25) is 0 Å². The summed E-state index contributed by atoms with van der Waals surface area (Å²) < 4.78 is 11.0. The number of hydrogen-bond donors (Lipinski definition) is 1. The number of carbonyl (C=O) groups excluding carboxylic acids is 1. The number of amides is 1. The van der Waals surface area contributed by atoms with E-state index in [1.54, 1.807) is 11.3 Å². The second-order valence-electron chi connectivity index (χ2n) is 4.85. The molecule has 0 atom stereocenters. The first-order valence-electron chi connectivity index (χ1n) is 6.81. The van der Waals surface area contributed by atoms with Crippen LogP contribution in [-0.2, 0) is 16.1 Å². The Morgan fingerprint density at radius 2 is 2.15 bits per heavy atom. The van der Waals surface area contributed by atoms with Crippen LogP contribution in [0.5, 0.6) is 0 Å². The maximum absolute atomic E-state index is 12.0. The number of nitrogens with one attached hydrogen (secondary N) is 1. The van der Waals surface area contributed by atoms with Crippen molar-refractivity contribution in [1.82, 2.24) is 5.32 Å². The Bertz CT molecular complexity index is 555. The molecule has 4 nitrogen and oxygen atoms in total. The molecule has 1 amide bonds. The Balaban J connectivity index is 1.54. The van der Waals surface area contributed by atoms with Crippen molar-refractivity contribution in [3.63, 3.8) is 0 Å². The Hall–Kier alpha value is -1.59. The van der Waals surface area contributed by atoms with Crippen LogP contribution in [0.25, 0.3) is 10.6 Å². The van der Waals surface area contributed by atoms with Crippen molar-refractivity contribution in [2.24, 2.45) is 5.92 Å². The smallest absolute Gasteiger partial charge is 0.223 e. The molecule has 1 N–H and O–H groups in total. The van der Waals surface area contributed by atoms with Gasteiger partial charge in [-0.1, -0.05) is 6.07 Å². The van der Waals surface area contributed by atoms with Crippen molar-refractivity contribution in [3.8, 4) is 10.6 Å². The highest BCUT2D eigenvalue weighted by molar-refractivity contribution is 7.13. The maximum atomic E-state index is 12.0. The molecule has 2 aromatic rings. The van der Waals surface area contributed by atoms with E-state index in [9.17, 15) is 4.79 Å². The third-order valence-electron chi connectivity index (χ3n) is 3.45. The lowest BCUT2D eigenvalue weighted by atomic mass is 9.99. The van der Waals surface area contributed by atoms with Crippen LogP contribution < -0.4 is 5.32 Å². The fraction of sp³-hybridized carbons (Fsp3) is 0.400. The monoisotopic (exact) mass is 291 g/mol. The molecule has 2 aromatic heterocycles.